The quantitative estimate of drug-likeness (QED) is 0.277. The van der Waals surface area contributed by atoms with Crippen LogP contribution in [0.2, 0.25) is 0 Å². The van der Waals surface area contributed by atoms with Crippen LogP contribution in [-0.4, -0.2) is 31.9 Å². The van der Waals surface area contributed by atoms with E-state index in [4.69, 9.17) is 9.84 Å². The molecule has 0 spiro atoms. The second-order valence-electron chi connectivity index (χ2n) is 9.76. The summed E-state index contributed by atoms with van der Waals surface area (Å²) in [5.74, 6) is 1.35. The molecule has 8 heteroatoms. The first-order valence-corrected chi connectivity index (χ1v) is 13.4. The lowest BCUT2D eigenvalue weighted by Crippen LogP contribution is -2.41. The van der Waals surface area contributed by atoms with E-state index in [-0.39, 0.29) is 18.4 Å². The maximum atomic E-state index is 14.0. The van der Waals surface area contributed by atoms with Crippen LogP contribution in [0.25, 0.3) is 11.5 Å². The lowest BCUT2D eigenvalue weighted by Gasteiger charge is -2.31. The first-order valence-electron chi connectivity index (χ1n) is 13.4. The summed E-state index contributed by atoms with van der Waals surface area (Å²) in [5, 5.41) is 7.96. The minimum absolute atomic E-state index is 0.233. The van der Waals surface area contributed by atoms with Crippen molar-refractivity contribution in [1.82, 2.24) is 24.6 Å². The summed E-state index contributed by atoms with van der Waals surface area (Å²) in [5.41, 5.74) is 5.43. The maximum absolute atomic E-state index is 14.0. The zero-order chi connectivity index (χ0) is 27.6. The Kier molecular flexibility index (Phi) is 6.82. The molecule has 1 aliphatic heterocycles. The number of rotatable bonds is 6. The van der Waals surface area contributed by atoms with E-state index in [0.29, 0.717) is 13.2 Å². The predicted molar refractivity (Wildman–Crippen MR) is 151 cm³/mol. The van der Waals surface area contributed by atoms with Gasteiger partial charge in [0, 0.05) is 18.3 Å². The van der Waals surface area contributed by atoms with Gasteiger partial charge in [-0.05, 0) is 73.5 Å². The molecule has 6 rings (SSSR count). The predicted octanol–water partition coefficient (Wildman–Crippen LogP) is 6.32. The number of amides is 2. The average Bonchev–Trinajstić information content (AvgIpc) is 3.53. The normalized spacial score (nSPS) is 14.3. The van der Waals surface area contributed by atoms with Crippen molar-refractivity contribution in [2.45, 2.75) is 33.0 Å². The van der Waals surface area contributed by atoms with Crippen molar-refractivity contribution in [3.8, 4) is 17.3 Å². The number of ether oxygens (including phenoxy) is 1. The SMILES string of the molecule is CCOc1cccc([C@H]2c3cccn3-c3c(c(C)nn3-c3ccccc3)CN2C(=O)NCc2ccc(F)cc2)c1. The molecule has 0 saturated carbocycles. The number of aryl methyl sites for hydroxylation is 1. The van der Waals surface area contributed by atoms with Gasteiger partial charge in [0.25, 0.3) is 0 Å². The summed E-state index contributed by atoms with van der Waals surface area (Å²) < 4.78 is 23.3. The van der Waals surface area contributed by atoms with Gasteiger partial charge in [-0.2, -0.15) is 5.10 Å². The number of hydrogen-bond acceptors (Lipinski definition) is 3. The van der Waals surface area contributed by atoms with Gasteiger partial charge in [-0.1, -0.05) is 42.5 Å². The summed E-state index contributed by atoms with van der Waals surface area (Å²) in [6.07, 6.45) is 2.02. The second kappa shape index (κ2) is 10.7. The van der Waals surface area contributed by atoms with E-state index in [1.165, 1.54) is 12.1 Å². The minimum Gasteiger partial charge on any atom is -0.494 e. The largest absolute Gasteiger partial charge is 0.494 e. The summed E-state index contributed by atoms with van der Waals surface area (Å²) >= 11 is 0. The molecule has 0 unspecified atom stereocenters. The van der Waals surface area contributed by atoms with Crippen molar-refractivity contribution in [3.05, 3.63) is 131 Å². The number of nitrogens with one attached hydrogen (secondary N) is 1. The smallest absolute Gasteiger partial charge is 0.318 e. The number of urea groups is 1. The summed E-state index contributed by atoms with van der Waals surface area (Å²) in [7, 11) is 0. The highest BCUT2D eigenvalue weighted by Gasteiger charge is 2.36. The molecule has 0 fully saturated rings. The molecule has 1 atom stereocenters. The fraction of sp³-hybridized carbons (Fsp3) is 0.188. The topological polar surface area (TPSA) is 64.3 Å². The Morgan fingerprint density at radius 1 is 1.02 bits per heavy atom. The molecule has 7 nitrogen and oxygen atoms in total. The van der Waals surface area contributed by atoms with Crippen molar-refractivity contribution in [3.63, 3.8) is 0 Å². The Morgan fingerprint density at radius 3 is 2.60 bits per heavy atom. The van der Waals surface area contributed by atoms with Crippen molar-refractivity contribution in [2.75, 3.05) is 6.61 Å². The van der Waals surface area contributed by atoms with Gasteiger partial charge in [-0.15, -0.1) is 0 Å². The standard InChI is InChI=1S/C32H30FN5O2/c1-3-40-27-12-7-9-24(19-27)30-29-13-8-18-36(29)31-28(22(2)35-38(31)26-10-5-4-6-11-26)21-37(30)32(39)34-20-23-14-16-25(33)17-15-23/h4-19,30H,3,20-21H2,1-2H3,(H,34,39)/t30-/m0/s1. The van der Waals surface area contributed by atoms with Crippen molar-refractivity contribution < 1.29 is 13.9 Å². The number of aromatic nitrogens is 3. The lowest BCUT2D eigenvalue weighted by atomic mass is 10.0. The first kappa shape index (κ1) is 25.4. The Hall–Kier alpha value is -4.85. The maximum Gasteiger partial charge on any atom is 0.318 e. The van der Waals surface area contributed by atoms with Crippen molar-refractivity contribution in [2.24, 2.45) is 0 Å². The molecule has 3 heterocycles. The summed E-state index contributed by atoms with van der Waals surface area (Å²) in [6.45, 7) is 5.09. The number of halogens is 1. The summed E-state index contributed by atoms with van der Waals surface area (Å²) in [6, 6.07) is 27.5. The molecule has 2 amide bonds. The number of benzene rings is 3. The molecule has 202 valence electrons. The van der Waals surface area contributed by atoms with Crippen LogP contribution in [0.1, 0.15) is 41.0 Å². The fourth-order valence-electron chi connectivity index (χ4n) is 5.32. The molecule has 2 aromatic heterocycles. The van der Waals surface area contributed by atoms with E-state index in [1.54, 1.807) is 12.1 Å². The Balaban J connectivity index is 1.47. The van der Waals surface area contributed by atoms with E-state index >= 15 is 0 Å². The van der Waals surface area contributed by atoms with E-state index < -0.39 is 6.04 Å². The van der Waals surface area contributed by atoms with Crippen LogP contribution in [0, 0.1) is 12.7 Å². The van der Waals surface area contributed by atoms with Crippen LogP contribution < -0.4 is 10.1 Å². The van der Waals surface area contributed by atoms with Gasteiger partial charge in [0.2, 0.25) is 0 Å². The lowest BCUT2D eigenvalue weighted by molar-refractivity contribution is 0.180. The van der Waals surface area contributed by atoms with Crippen molar-refractivity contribution >= 4 is 6.03 Å². The monoisotopic (exact) mass is 535 g/mol. The average molecular weight is 536 g/mol. The molecule has 40 heavy (non-hydrogen) atoms. The molecule has 3 aromatic carbocycles. The van der Waals surface area contributed by atoms with Gasteiger partial charge in [0.05, 0.1) is 36.3 Å². The molecular formula is C32H30FN5O2. The van der Waals surface area contributed by atoms with Gasteiger partial charge < -0.3 is 19.5 Å². The van der Waals surface area contributed by atoms with Gasteiger partial charge in [0.1, 0.15) is 17.4 Å². The van der Waals surface area contributed by atoms with E-state index in [1.807, 2.05) is 96.4 Å². The number of hydrogen-bond donors (Lipinski definition) is 1. The van der Waals surface area contributed by atoms with Gasteiger partial charge in [-0.25, -0.2) is 13.9 Å². The van der Waals surface area contributed by atoms with Crippen LogP contribution in [0.3, 0.4) is 0 Å². The number of nitrogens with zero attached hydrogens (tertiary/aromatic N) is 4. The van der Waals surface area contributed by atoms with Crippen LogP contribution >= 0.6 is 0 Å². The van der Waals surface area contributed by atoms with E-state index in [9.17, 15) is 9.18 Å². The highest BCUT2D eigenvalue weighted by atomic mass is 19.1. The Labute approximate surface area is 232 Å². The minimum atomic E-state index is -0.403. The van der Waals surface area contributed by atoms with Crippen LogP contribution in [0.5, 0.6) is 5.75 Å². The molecule has 0 bridgehead atoms. The van der Waals surface area contributed by atoms with Crippen LogP contribution in [0.15, 0.2) is 97.2 Å². The molecule has 0 aliphatic carbocycles. The third-order valence-corrected chi connectivity index (χ3v) is 7.19. The zero-order valence-electron chi connectivity index (χ0n) is 22.4. The highest BCUT2D eigenvalue weighted by molar-refractivity contribution is 5.76. The van der Waals surface area contributed by atoms with E-state index in [2.05, 4.69) is 9.88 Å². The van der Waals surface area contributed by atoms with Gasteiger partial charge in [-0.3, -0.25) is 0 Å². The van der Waals surface area contributed by atoms with Gasteiger partial charge in [0.15, 0.2) is 0 Å². The molecule has 5 aromatic rings. The molecule has 1 aliphatic rings. The van der Waals surface area contributed by atoms with E-state index in [0.717, 1.165) is 45.3 Å². The summed E-state index contributed by atoms with van der Waals surface area (Å²) in [4.78, 5) is 15.8. The molecule has 1 N–H and O–H groups in total. The number of carbonyl (C=O) groups excluding carboxylic acids is 1. The Morgan fingerprint density at radius 2 is 1.82 bits per heavy atom. The van der Waals surface area contributed by atoms with Crippen molar-refractivity contribution in [1.29, 1.82) is 0 Å². The Bertz CT molecular complexity index is 1640. The zero-order valence-corrected chi connectivity index (χ0v) is 22.4. The molecule has 0 saturated heterocycles. The number of para-hydroxylation sites is 1. The second-order valence-corrected chi connectivity index (χ2v) is 9.76. The fourth-order valence-corrected chi connectivity index (χ4v) is 5.32. The van der Waals surface area contributed by atoms with Crippen LogP contribution in [-0.2, 0) is 13.1 Å². The van der Waals surface area contributed by atoms with Gasteiger partial charge >= 0.3 is 6.03 Å². The molecule has 0 radical (unpaired) electrons. The first-order chi connectivity index (χ1) is 19.5. The molecular weight excluding hydrogens is 505 g/mol. The number of fused-ring (bicyclic) bond motifs is 3. The third kappa shape index (κ3) is 4.73. The van der Waals surface area contributed by atoms with Crippen LogP contribution in [0.4, 0.5) is 9.18 Å². The number of carbonyl (C=O) groups is 1. The highest BCUT2D eigenvalue weighted by Crippen LogP contribution is 2.39. The third-order valence-electron chi connectivity index (χ3n) is 7.19.